The number of benzene rings is 1. The molecular formula is C14H23NO3. The van der Waals surface area contributed by atoms with Gasteiger partial charge in [-0.3, -0.25) is 0 Å². The van der Waals surface area contributed by atoms with Crippen molar-refractivity contribution in [3.63, 3.8) is 0 Å². The SMILES string of the molecule is COCCOc1ccccc1C(N)COC(C)C. The van der Waals surface area contributed by atoms with Crippen LogP contribution in [0.25, 0.3) is 0 Å². The summed E-state index contributed by atoms with van der Waals surface area (Å²) in [6.45, 7) is 5.56. The van der Waals surface area contributed by atoms with Gasteiger partial charge in [-0.15, -0.1) is 0 Å². The number of hydrogen-bond donors (Lipinski definition) is 1. The monoisotopic (exact) mass is 253 g/mol. The summed E-state index contributed by atoms with van der Waals surface area (Å²) in [7, 11) is 1.65. The first-order chi connectivity index (χ1) is 8.65. The standard InChI is InChI=1S/C14H23NO3/c1-11(2)18-10-13(15)12-6-4-5-7-14(12)17-9-8-16-3/h4-7,11,13H,8-10,15H2,1-3H3. The molecular weight excluding hydrogens is 230 g/mol. The van der Waals surface area contributed by atoms with Gasteiger partial charge in [0.15, 0.2) is 0 Å². The van der Waals surface area contributed by atoms with Gasteiger partial charge in [0, 0.05) is 12.7 Å². The number of ether oxygens (including phenoxy) is 3. The lowest BCUT2D eigenvalue weighted by molar-refractivity contribution is 0.0675. The van der Waals surface area contributed by atoms with Crippen LogP contribution in [0, 0.1) is 0 Å². The third-order valence-electron chi connectivity index (χ3n) is 2.47. The van der Waals surface area contributed by atoms with E-state index in [1.54, 1.807) is 7.11 Å². The van der Waals surface area contributed by atoms with Gasteiger partial charge in [-0.25, -0.2) is 0 Å². The second-order valence-corrected chi connectivity index (χ2v) is 4.37. The highest BCUT2D eigenvalue weighted by Crippen LogP contribution is 2.24. The first kappa shape index (κ1) is 15.0. The van der Waals surface area contributed by atoms with Gasteiger partial charge >= 0.3 is 0 Å². The second-order valence-electron chi connectivity index (χ2n) is 4.37. The summed E-state index contributed by atoms with van der Waals surface area (Å²) in [4.78, 5) is 0. The van der Waals surface area contributed by atoms with Crippen LogP contribution in [0.5, 0.6) is 5.75 Å². The van der Waals surface area contributed by atoms with Gasteiger partial charge in [0.2, 0.25) is 0 Å². The fourth-order valence-corrected chi connectivity index (χ4v) is 1.54. The van der Waals surface area contributed by atoms with Crippen molar-refractivity contribution in [1.29, 1.82) is 0 Å². The van der Waals surface area contributed by atoms with E-state index in [2.05, 4.69) is 0 Å². The van der Waals surface area contributed by atoms with Crippen LogP contribution in [0.4, 0.5) is 0 Å². The van der Waals surface area contributed by atoms with Gasteiger partial charge in [-0.1, -0.05) is 18.2 Å². The maximum atomic E-state index is 6.11. The van der Waals surface area contributed by atoms with Crippen molar-refractivity contribution in [2.75, 3.05) is 26.9 Å². The first-order valence-electron chi connectivity index (χ1n) is 6.23. The number of para-hydroxylation sites is 1. The summed E-state index contributed by atoms with van der Waals surface area (Å²) < 4.78 is 16.1. The van der Waals surface area contributed by atoms with Gasteiger partial charge in [-0.05, 0) is 19.9 Å². The minimum atomic E-state index is -0.175. The smallest absolute Gasteiger partial charge is 0.124 e. The van der Waals surface area contributed by atoms with Crippen molar-refractivity contribution in [2.45, 2.75) is 26.0 Å². The molecule has 1 rings (SSSR count). The Bertz CT molecular complexity index is 342. The lowest BCUT2D eigenvalue weighted by atomic mass is 10.1. The molecule has 0 saturated carbocycles. The Morgan fingerprint density at radius 1 is 1.17 bits per heavy atom. The van der Waals surface area contributed by atoms with E-state index in [-0.39, 0.29) is 12.1 Å². The third-order valence-corrected chi connectivity index (χ3v) is 2.47. The molecule has 0 fully saturated rings. The van der Waals surface area contributed by atoms with E-state index < -0.39 is 0 Å². The fraction of sp³-hybridized carbons (Fsp3) is 0.571. The Hall–Kier alpha value is -1.10. The summed E-state index contributed by atoms with van der Waals surface area (Å²) in [6, 6.07) is 7.60. The zero-order chi connectivity index (χ0) is 13.4. The fourth-order valence-electron chi connectivity index (χ4n) is 1.54. The first-order valence-corrected chi connectivity index (χ1v) is 6.23. The number of methoxy groups -OCH3 is 1. The van der Waals surface area contributed by atoms with Gasteiger partial charge in [0.25, 0.3) is 0 Å². The molecule has 4 heteroatoms. The molecule has 0 radical (unpaired) electrons. The second kappa shape index (κ2) is 8.08. The van der Waals surface area contributed by atoms with Crippen molar-refractivity contribution in [1.82, 2.24) is 0 Å². The Morgan fingerprint density at radius 2 is 1.89 bits per heavy atom. The molecule has 102 valence electrons. The normalized spacial score (nSPS) is 12.7. The molecule has 2 N–H and O–H groups in total. The highest BCUT2D eigenvalue weighted by atomic mass is 16.5. The molecule has 0 aliphatic heterocycles. The van der Waals surface area contributed by atoms with Crippen molar-refractivity contribution >= 4 is 0 Å². The minimum absolute atomic E-state index is 0.175. The van der Waals surface area contributed by atoms with E-state index in [0.717, 1.165) is 11.3 Å². The van der Waals surface area contributed by atoms with Crippen molar-refractivity contribution < 1.29 is 14.2 Å². The topological polar surface area (TPSA) is 53.7 Å². The maximum Gasteiger partial charge on any atom is 0.124 e. The Morgan fingerprint density at radius 3 is 2.56 bits per heavy atom. The molecule has 18 heavy (non-hydrogen) atoms. The summed E-state index contributed by atoms with van der Waals surface area (Å²) in [5.74, 6) is 0.800. The van der Waals surface area contributed by atoms with Crippen LogP contribution in [0.2, 0.25) is 0 Å². The van der Waals surface area contributed by atoms with E-state index in [1.165, 1.54) is 0 Å². The van der Waals surface area contributed by atoms with Crippen LogP contribution in [0.1, 0.15) is 25.5 Å². The molecule has 4 nitrogen and oxygen atoms in total. The molecule has 0 aliphatic carbocycles. The van der Waals surface area contributed by atoms with Crippen LogP contribution in [-0.2, 0) is 9.47 Å². The van der Waals surface area contributed by atoms with E-state index in [1.807, 2.05) is 38.1 Å². The Kier molecular flexibility index (Phi) is 6.72. The average molecular weight is 253 g/mol. The van der Waals surface area contributed by atoms with Gasteiger partial charge in [-0.2, -0.15) is 0 Å². The predicted octanol–water partition coefficient (Wildman–Crippen LogP) is 2.14. The van der Waals surface area contributed by atoms with Crippen LogP contribution < -0.4 is 10.5 Å². The van der Waals surface area contributed by atoms with Crippen molar-refractivity contribution in [3.8, 4) is 5.75 Å². The summed E-state index contributed by atoms with van der Waals surface area (Å²) in [5.41, 5.74) is 7.08. The quantitative estimate of drug-likeness (QED) is 0.721. The van der Waals surface area contributed by atoms with Gasteiger partial charge in [0.1, 0.15) is 12.4 Å². The van der Waals surface area contributed by atoms with E-state index >= 15 is 0 Å². The molecule has 1 atom stereocenters. The molecule has 0 heterocycles. The molecule has 1 aromatic carbocycles. The van der Waals surface area contributed by atoms with Crippen LogP contribution in [0.15, 0.2) is 24.3 Å². The molecule has 0 aliphatic rings. The van der Waals surface area contributed by atoms with Crippen LogP contribution in [-0.4, -0.2) is 33.0 Å². The van der Waals surface area contributed by atoms with Crippen LogP contribution >= 0.6 is 0 Å². The lowest BCUT2D eigenvalue weighted by Gasteiger charge is -2.18. The highest BCUT2D eigenvalue weighted by Gasteiger charge is 2.12. The Labute approximate surface area is 109 Å². The van der Waals surface area contributed by atoms with E-state index in [0.29, 0.717) is 19.8 Å². The van der Waals surface area contributed by atoms with Crippen molar-refractivity contribution in [3.05, 3.63) is 29.8 Å². The van der Waals surface area contributed by atoms with Gasteiger partial charge < -0.3 is 19.9 Å². The molecule has 0 spiro atoms. The number of rotatable bonds is 8. The van der Waals surface area contributed by atoms with Gasteiger partial charge in [0.05, 0.1) is 25.4 Å². The molecule has 0 bridgehead atoms. The van der Waals surface area contributed by atoms with E-state index in [9.17, 15) is 0 Å². The summed E-state index contributed by atoms with van der Waals surface area (Å²) in [5, 5.41) is 0. The lowest BCUT2D eigenvalue weighted by Crippen LogP contribution is -2.20. The number of hydrogen-bond acceptors (Lipinski definition) is 4. The van der Waals surface area contributed by atoms with Crippen molar-refractivity contribution in [2.24, 2.45) is 5.73 Å². The average Bonchev–Trinajstić information content (AvgIpc) is 2.37. The number of nitrogens with two attached hydrogens (primary N) is 1. The molecule has 1 aromatic rings. The maximum absolute atomic E-state index is 6.11. The zero-order valence-electron chi connectivity index (χ0n) is 11.4. The minimum Gasteiger partial charge on any atom is -0.491 e. The highest BCUT2D eigenvalue weighted by molar-refractivity contribution is 5.35. The Balaban J connectivity index is 2.62. The third kappa shape index (κ3) is 5.04. The largest absolute Gasteiger partial charge is 0.491 e. The predicted molar refractivity (Wildman–Crippen MR) is 71.8 cm³/mol. The molecule has 0 amide bonds. The molecule has 1 unspecified atom stereocenters. The van der Waals surface area contributed by atoms with Crippen LogP contribution in [0.3, 0.4) is 0 Å². The molecule has 0 aromatic heterocycles. The summed E-state index contributed by atoms with van der Waals surface area (Å²) >= 11 is 0. The zero-order valence-corrected chi connectivity index (χ0v) is 11.4. The van der Waals surface area contributed by atoms with E-state index in [4.69, 9.17) is 19.9 Å². The molecule has 0 saturated heterocycles. The summed E-state index contributed by atoms with van der Waals surface area (Å²) in [6.07, 6.45) is 0.178.